The maximum absolute atomic E-state index is 12.6. The van der Waals surface area contributed by atoms with Crippen molar-refractivity contribution in [3.63, 3.8) is 0 Å². The highest BCUT2D eigenvalue weighted by atomic mass is 32.2. The maximum Gasteiger partial charge on any atom is 0.350 e. The van der Waals surface area contributed by atoms with Crippen molar-refractivity contribution in [2.75, 3.05) is 12.4 Å². The lowest BCUT2D eigenvalue weighted by Gasteiger charge is -2.08. The van der Waals surface area contributed by atoms with E-state index < -0.39 is 0 Å². The van der Waals surface area contributed by atoms with Gasteiger partial charge in [0.2, 0.25) is 0 Å². The smallest absolute Gasteiger partial charge is 0.350 e. The summed E-state index contributed by atoms with van der Waals surface area (Å²) in [7, 11) is 1.59. The lowest BCUT2D eigenvalue weighted by Crippen LogP contribution is -2.12. The van der Waals surface area contributed by atoms with Crippen molar-refractivity contribution in [1.29, 1.82) is 0 Å². The summed E-state index contributed by atoms with van der Waals surface area (Å²) in [6, 6.07) is 13.9. The third kappa shape index (κ3) is 4.43. The highest BCUT2D eigenvalue weighted by molar-refractivity contribution is 8.03. The zero-order chi connectivity index (χ0) is 20.2. The van der Waals surface area contributed by atoms with Gasteiger partial charge in [0.25, 0.3) is 5.91 Å². The van der Waals surface area contributed by atoms with E-state index in [-0.39, 0.29) is 11.5 Å². The van der Waals surface area contributed by atoms with Crippen LogP contribution in [-0.4, -0.2) is 13.0 Å². The number of nitrogens with one attached hydrogen (secondary N) is 1. The Hall–Kier alpha value is -3.25. The summed E-state index contributed by atoms with van der Waals surface area (Å²) in [6.07, 6.45) is 8.19. The van der Waals surface area contributed by atoms with E-state index in [1.165, 1.54) is 11.8 Å². The van der Waals surface area contributed by atoms with Gasteiger partial charge in [0.15, 0.2) is 0 Å². The van der Waals surface area contributed by atoms with E-state index >= 15 is 0 Å². The molecule has 4 rings (SSSR count). The molecule has 0 aliphatic heterocycles. The van der Waals surface area contributed by atoms with Crippen molar-refractivity contribution in [3.05, 3.63) is 87.6 Å². The van der Waals surface area contributed by atoms with Gasteiger partial charge in [0.1, 0.15) is 11.3 Å². The van der Waals surface area contributed by atoms with Crippen LogP contribution in [-0.2, 0) is 0 Å². The standard InChI is InChI=1S/C23H19NO4S/c1-27-18-10-8-17(9-11-18)24-22(25)15-7-12-20-16(13-15)14-21(23(26)28-20)29-19-5-3-2-4-6-19/h3,5-14H,2,4H2,1H3,(H,24,25). The van der Waals surface area contributed by atoms with Crippen LogP contribution in [0.5, 0.6) is 5.75 Å². The molecule has 5 nitrogen and oxygen atoms in total. The van der Waals surface area contributed by atoms with Crippen LogP contribution >= 0.6 is 11.8 Å². The normalized spacial score (nSPS) is 13.2. The summed E-state index contributed by atoms with van der Waals surface area (Å²) in [5.41, 5.74) is 1.23. The van der Waals surface area contributed by atoms with Crippen LogP contribution in [0.3, 0.4) is 0 Å². The molecule has 1 aliphatic rings. The van der Waals surface area contributed by atoms with Gasteiger partial charge >= 0.3 is 5.63 Å². The molecule has 1 heterocycles. The molecule has 1 aromatic heterocycles. The minimum absolute atomic E-state index is 0.240. The second-order valence-corrected chi connectivity index (χ2v) is 7.64. The molecule has 0 spiro atoms. The van der Waals surface area contributed by atoms with E-state index in [1.54, 1.807) is 55.6 Å². The predicted octanol–water partition coefficient (Wildman–Crippen LogP) is 5.38. The molecule has 0 saturated heterocycles. The molecule has 1 N–H and O–H groups in total. The van der Waals surface area contributed by atoms with Crippen LogP contribution < -0.4 is 15.7 Å². The molecule has 0 fully saturated rings. The summed E-state index contributed by atoms with van der Waals surface area (Å²) < 4.78 is 10.6. The molecule has 0 atom stereocenters. The first kappa shape index (κ1) is 19.1. The second kappa shape index (κ2) is 8.41. The third-order valence-electron chi connectivity index (χ3n) is 4.50. The van der Waals surface area contributed by atoms with Crippen molar-refractivity contribution in [2.45, 2.75) is 17.7 Å². The zero-order valence-corrected chi connectivity index (χ0v) is 16.6. The Morgan fingerprint density at radius 1 is 1.10 bits per heavy atom. The van der Waals surface area contributed by atoms with Crippen molar-refractivity contribution >= 4 is 34.3 Å². The molecule has 1 aliphatic carbocycles. The fraction of sp³-hybridized carbons (Fsp3) is 0.130. The highest BCUT2D eigenvalue weighted by Gasteiger charge is 2.12. The lowest BCUT2D eigenvalue weighted by atomic mass is 10.1. The number of carbonyl (C=O) groups is 1. The number of thioether (sulfide) groups is 1. The van der Waals surface area contributed by atoms with E-state index in [4.69, 9.17) is 9.15 Å². The topological polar surface area (TPSA) is 68.5 Å². The van der Waals surface area contributed by atoms with Crippen LogP contribution in [0.1, 0.15) is 23.2 Å². The fourth-order valence-electron chi connectivity index (χ4n) is 2.99. The Balaban J connectivity index is 1.59. The zero-order valence-electron chi connectivity index (χ0n) is 15.8. The van der Waals surface area contributed by atoms with Gasteiger partial charge in [-0.05, 0) is 61.4 Å². The number of methoxy groups -OCH3 is 1. The molecule has 29 heavy (non-hydrogen) atoms. The van der Waals surface area contributed by atoms with Gasteiger partial charge in [-0.3, -0.25) is 4.79 Å². The van der Waals surface area contributed by atoms with E-state index in [2.05, 4.69) is 17.5 Å². The first-order valence-electron chi connectivity index (χ1n) is 9.20. The summed E-state index contributed by atoms with van der Waals surface area (Å²) in [5, 5.41) is 3.56. The van der Waals surface area contributed by atoms with E-state index in [0.29, 0.717) is 27.1 Å². The number of hydrogen-bond acceptors (Lipinski definition) is 5. The van der Waals surface area contributed by atoms with Crippen LogP contribution in [0.15, 0.2) is 85.8 Å². The number of allylic oxidation sites excluding steroid dienone is 3. The predicted molar refractivity (Wildman–Crippen MR) is 116 cm³/mol. The van der Waals surface area contributed by atoms with E-state index in [1.807, 2.05) is 6.08 Å². The van der Waals surface area contributed by atoms with Crippen molar-refractivity contribution in [2.24, 2.45) is 0 Å². The monoisotopic (exact) mass is 405 g/mol. The number of carbonyl (C=O) groups excluding carboxylic acids is 1. The fourth-order valence-corrected chi connectivity index (χ4v) is 3.92. The first-order chi connectivity index (χ1) is 14.1. The molecule has 3 aromatic rings. The van der Waals surface area contributed by atoms with Gasteiger partial charge in [0, 0.05) is 21.5 Å². The Morgan fingerprint density at radius 3 is 2.66 bits per heavy atom. The van der Waals surface area contributed by atoms with Crippen LogP contribution in [0.25, 0.3) is 11.0 Å². The van der Waals surface area contributed by atoms with Crippen molar-refractivity contribution in [1.82, 2.24) is 0 Å². The average Bonchev–Trinajstić information content (AvgIpc) is 2.75. The van der Waals surface area contributed by atoms with E-state index in [0.717, 1.165) is 23.5 Å². The highest BCUT2D eigenvalue weighted by Crippen LogP contribution is 2.30. The molecular weight excluding hydrogens is 386 g/mol. The third-order valence-corrected chi connectivity index (χ3v) is 5.54. The molecule has 0 bridgehead atoms. The van der Waals surface area contributed by atoms with Crippen LogP contribution in [0.4, 0.5) is 5.69 Å². The number of benzene rings is 2. The quantitative estimate of drug-likeness (QED) is 0.577. The average molecular weight is 405 g/mol. The SMILES string of the molecule is COc1ccc(NC(=O)c2ccc3oc(=O)c(SC4=CCCC=C4)cc3c2)cc1. The number of fused-ring (bicyclic) bond motifs is 1. The minimum Gasteiger partial charge on any atom is -0.497 e. The van der Waals surface area contributed by atoms with Gasteiger partial charge in [0.05, 0.1) is 12.0 Å². The van der Waals surface area contributed by atoms with Crippen molar-refractivity contribution < 1.29 is 13.9 Å². The molecule has 6 heteroatoms. The Bertz CT molecular complexity index is 1180. The molecule has 0 saturated carbocycles. The van der Waals surface area contributed by atoms with Gasteiger partial charge < -0.3 is 14.5 Å². The Kier molecular flexibility index (Phi) is 5.53. The van der Waals surface area contributed by atoms with Crippen molar-refractivity contribution in [3.8, 4) is 5.75 Å². The molecule has 1 amide bonds. The summed E-state index contributed by atoms with van der Waals surface area (Å²) >= 11 is 1.38. The Labute approximate surface area is 172 Å². The van der Waals surface area contributed by atoms with Crippen LogP contribution in [0, 0.1) is 0 Å². The molecule has 0 unspecified atom stereocenters. The molecular formula is C23H19NO4S. The molecule has 2 aromatic carbocycles. The maximum atomic E-state index is 12.6. The Morgan fingerprint density at radius 2 is 1.93 bits per heavy atom. The number of hydrogen-bond donors (Lipinski definition) is 1. The van der Waals surface area contributed by atoms with Crippen LogP contribution in [0.2, 0.25) is 0 Å². The number of anilines is 1. The number of ether oxygens (including phenoxy) is 1. The summed E-state index contributed by atoms with van der Waals surface area (Å²) in [4.78, 5) is 26.4. The minimum atomic E-state index is -0.377. The van der Waals surface area contributed by atoms with Gasteiger partial charge in [-0.1, -0.05) is 30.0 Å². The van der Waals surface area contributed by atoms with Gasteiger partial charge in [-0.15, -0.1) is 0 Å². The largest absolute Gasteiger partial charge is 0.497 e. The van der Waals surface area contributed by atoms with E-state index in [9.17, 15) is 9.59 Å². The van der Waals surface area contributed by atoms with Gasteiger partial charge in [-0.2, -0.15) is 0 Å². The first-order valence-corrected chi connectivity index (χ1v) is 10.0. The summed E-state index contributed by atoms with van der Waals surface area (Å²) in [5.74, 6) is 0.479. The number of rotatable bonds is 5. The second-order valence-electron chi connectivity index (χ2n) is 6.52. The lowest BCUT2D eigenvalue weighted by molar-refractivity contribution is 0.102. The number of amides is 1. The molecule has 146 valence electrons. The van der Waals surface area contributed by atoms with Gasteiger partial charge in [-0.25, -0.2) is 4.79 Å². The summed E-state index contributed by atoms with van der Waals surface area (Å²) in [6.45, 7) is 0. The molecule has 0 radical (unpaired) electrons.